The van der Waals surface area contributed by atoms with Gasteiger partial charge in [0.1, 0.15) is 11.6 Å². The summed E-state index contributed by atoms with van der Waals surface area (Å²) in [4.78, 5) is 49.8. The molecule has 10 nitrogen and oxygen atoms in total. The van der Waals surface area contributed by atoms with Gasteiger partial charge in [0, 0.05) is 45.5 Å². The third-order valence-electron chi connectivity index (χ3n) is 6.64. The highest BCUT2D eigenvalue weighted by atomic mass is 16.5. The Labute approximate surface area is 211 Å². The molecule has 0 spiro atoms. The van der Waals surface area contributed by atoms with Gasteiger partial charge in [0.15, 0.2) is 0 Å². The van der Waals surface area contributed by atoms with Gasteiger partial charge >= 0.3 is 17.8 Å². The van der Waals surface area contributed by atoms with Crippen LogP contribution < -0.4 is 5.32 Å². The molecule has 2 N–H and O–H groups in total. The van der Waals surface area contributed by atoms with Crippen LogP contribution in [0.15, 0.2) is 76.6 Å². The molecule has 5 rings (SSSR count). The third-order valence-corrected chi connectivity index (χ3v) is 6.64. The predicted octanol–water partition coefficient (Wildman–Crippen LogP) is 3.57. The number of ether oxygens (including phenoxy) is 1. The monoisotopic (exact) mass is 499 g/mol. The summed E-state index contributed by atoms with van der Waals surface area (Å²) in [6, 6.07) is 12.7. The fourth-order valence-electron chi connectivity index (χ4n) is 4.65. The van der Waals surface area contributed by atoms with Crippen LogP contribution in [0, 0.1) is 0 Å². The van der Waals surface area contributed by atoms with Crippen LogP contribution in [0.5, 0.6) is 0 Å². The molecule has 0 bridgehead atoms. The van der Waals surface area contributed by atoms with Crippen molar-refractivity contribution in [3.63, 3.8) is 0 Å². The second-order valence-electron chi connectivity index (χ2n) is 8.77. The van der Waals surface area contributed by atoms with Gasteiger partial charge in [-0.1, -0.05) is 18.2 Å². The van der Waals surface area contributed by atoms with Crippen LogP contribution in [-0.4, -0.2) is 51.4 Å². The number of carbonyl (C=O) groups excluding carboxylic acids is 3. The van der Waals surface area contributed by atoms with Crippen molar-refractivity contribution in [2.24, 2.45) is 5.11 Å². The molecule has 2 atom stereocenters. The van der Waals surface area contributed by atoms with E-state index in [4.69, 9.17) is 9.84 Å². The molecule has 0 saturated carbocycles. The first-order chi connectivity index (χ1) is 17.7. The zero-order chi connectivity index (χ0) is 26.4. The summed E-state index contributed by atoms with van der Waals surface area (Å²) in [6.45, 7) is 3.43. The highest BCUT2D eigenvalue weighted by Gasteiger charge is 2.47. The van der Waals surface area contributed by atoms with E-state index < -0.39 is 30.1 Å². The molecule has 2 amide bonds. The van der Waals surface area contributed by atoms with Crippen LogP contribution in [0.2, 0.25) is 0 Å². The summed E-state index contributed by atoms with van der Waals surface area (Å²) in [5.74, 6) is -2.26. The van der Waals surface area contributed by atoms with Crippen molar-refractivity contribution < 1.29 is 33.7 Å². The molecule has 2 aromatic carbocycles. The highest BCUT2D eigenvalue weighted by Crippen LogP contribution is 2.34. The number of hydrogen-bond acceptors (Lipinski definition) is 6. The van der Waals surface area contributed by atoms with Gasteiger partial charge in [0.25, 0.3) is 5.91 Å². The molecule has 3 heterocycles. The standard InChI is InChI=1S/C27H22N4O6/c1-14-20(12-17-13-30(15(2)27(36)37-3)21-7-5-4-6-19(17)21)24(32)28-23-22(14)25(33)31(29-23)18-10-8-16(9-11-18)26(34)35/h4-13,15,23H,1-3H3,(H-,28,32,34,35)/p+1. The van der Waals surface area contributed by atoms with Crippen molar-refractivity contribution in [1.29, 1.82) is 0 Å². The molecule has 0 aliphatic carbocycles. The van der Waals surface area contributed by atoms with E-state index in [2.05, 4.69) is 10.4 Å². The number of carboxylic acids is 1. The largest absolute Gasteiger partial charge is 0.478 e. The minimum atomic E-state index is -1.08. The molecular weight excluding hydrogens is 476 g/mol. The van der Waals surface area contributed by atoms with Gasteiger partial charge in [-0.05, 0) is 48.4 Å². The van der Waals surface area contributed by atoms with Crippen molar-refractivity contribution in [2.75, 3.05) is 7.11 Å². The molecule has 1 aromatic heterocycles. The molecule has 3 aromatic rings. The lowest BCUT2D eigenvalue weighted by molar-refractivity contribution is -0.423. The minimum Gasteiger partial charge on any atom is -0.478 e. The normalized spacial score (nSPS) is 19.1. The van der Waals surface area contributed by atoms with E-state index in [0.717, 1.165) is 10.9 Å². The number of benzene rings is 2. The quantitative estimate of drug-likeness (QED) is 0.314. The number of carbonyl (C=O) groups is 4. The SMILES string of the molecule is COC(=O)C(C)n1cc(C=C2C(=O)NC3N=[N+](c4ccc(C(=O)O)cc4)C(=O)C3=C2C)c2ccccc21. The Morgan fingerprint density at radius 3 is 2.54 bits per heavy atom. The minimum absolute atomic E-state index is 0.0856. The number of fused-ring (bicyclic) bond motifs is 2. The van der Waals surface area contributed by atoms with Gasteiger partial charge in [-0.15, -0.1) is 0 Å². The average molecular weight is 500 g/mol. The summed E-state index contributed by atoms with van der Waals surface area (Å²) in [7, 11) is 1.33. The lowest BCUT2D eigenvalue weighted by Crippen LogP contribution is -2.40. The van der Waals surface area contributed by atoms with Gasteiger partial charge in [-0.3, -0.25) is 4.79 Å². The Kier molecular flexibility index (Phi) is 5.79. The second kappa shape index (κ2) is 8.98. The Balaban J connectivity index is 1.56. The number of azo groups is 2. The van der Waals surface area contributed by atoms with E-state index in [1.165, 1.54) is 36.1 Å². The molecule has 186 valence electrons. The number of methoxy groups -OCH3 is 1. The molecule has 0 saturated heterocycles. The van der Waals surface area contributed by atoms with Crippen molar-refractivity contribution in [3.8, 4) is 0 Å². The number of rotatable bonds is 5. The van der Waals surface area contributed by atoms with Gasteiger partial charge < -0.3 is 19.7 Å². The first-order valence-corrected chi connectivity index (χ1v) is 11.5. The van der Waals surface area contributed by atoms with Crippen LogP contribution in [0.1, 0.15) is 35.8 Å². The van der Waals surface area contributed by atoms with Crippen LogP contribution in [0.4, 0.5) is 5.69 Å². The number of nitrogens with one attached hydrogen (secondary N) is 1. The molecule has 2 aliphatic heterocycles. The van der Waals surface area contributed by atoms with E-state index in [-0.39, 0.29) is 11.5 Å². The van der Waals surface area contributed by atoms with Crippen molar-refractivity contribution in [3.05, 3.63) is 82.6 Å². The Hall–Kier alpha value is -4.86. The van der Waals surface area contributed by atoms with Crippen LogP contribution in [-0.2, 0) is 19.1 Å². The number of carboxylic acid groups (broad SMARTS) is 1. The molecule has 2 unspecified atom stereocenters. The van der Waals surface area contributed by atoms with Crippen LogP contribution in [0.25, 0.3) is 17.0 Å². The van der Waals surface area contributed by atoms with E-state index in [1.807, 2.05) is 24.3 Å². The van der Waals surface area contributed by atoms with Crippen molar-refractivity contribution in [2.45, 2.75) is 26.1 Å². The number of aromatic carboxylic acids is 1. The summed E-state index contributed by atoms with van der Waals surface area (Å²) >= 11 is 0. The van der Waals surface area contributed by atoms with Crippen molar-refractivity contribution >= 4 is 46.4 Å². The fourth-order valence-corrected chi connectivity index (χ4v) is 4.65. The molecule has 37 heavy (non-hydrogen) atoms. The molecule has 0 radical (unpaired) electrons. The molecule has 0 fully saturated rings. The van der Waals surface area contributed by atoms with Gasteiger partial charge in [0.2, 0.25) is 11.9 Å². The Morgan fingerprint density at radius 2 is 1.86 bits per heavy atom. The summed E-state index contributed by atoms with van der Waals surface area (Å²) in [5.41, 5.74) is 3.12. The van der Waals surface area contributed by atoms with Gasteiger partial charge in [0.05, 0.1) is 12.7 Å². The Bertz CT molecular complexity index is 1590. The zero-order valence-electron chi connectivity index (χ0n) is 20.3. The van der Waals surface area contributed by atoms with E-state index in [0.29, 0.717) is 28.0 Å². The smallest absolute Gasteiger partial charge is 0.450 e. The summed E-state index contributed by atoms with van der Waals surface area (Å²) in [5, 5.41) is 17.1. The van der Waals surface area contributed by atoms with Gasteiger partial charge in [-0.2, -0.15) is 0 Å². The lowest BCUT2D eigenvalue weighted by Gasteiger charge is -2.18. The molecule has 2 aliphatic rings. The topological polar surface area (TPSA) is 130 Å². The second-order valence-corrected chi connectivity index (χ2v) is 8.77. The maximum absolute atomic E-state index is 13.3. The third kappa shape index (κ3) is 3.92. The fraction of sp³-hybridized carbons (Fsp3) is 0.185. The maximum atomic E-state index is 13.3. The van der Waals surface area contributed by atoms with Gasteiger partial charge in [-0.25, -0.2) is 14.4 Å². The number of hydrogen-bond donors (Lipinski definition) is 2. The highest BCUT2D eigenvalue weighted by molar-refractivity contribution is 6.09. The number of para-hydroxylation sites is 1. The first-order valence-electron chi connectivity index (χ1n) is 11.5. The number of amides is 2. The molecular formula is C27H23N4O6+. The number of esters is 1. The number of nitrogens with zero attached hydrogens (tertiary/aromatic N) is 3. The van der Waals surface area contributed by atoms with E-state index in [1.54, 1.807) is 30.7 Å². The zero-order valence-corrected chi connectivity index (χ0v) is 20.3. The van der Waals surface area contributed by atoms with E-state index in [9.17, 15) is 19.2 Å². The average Bonchev–Trinajstić information content (AvgIpc) is 3.43. The number of aromatic nitrogens is 1. The van der Waals surface area contributed by atoms with Crippen molar-refractivity contribution in [1.82, 2.24) is 9.88 Å². The maximum Gasteiger partial charge on any atom is 0.450 e. The molecule has 10 heteroatoms. The first kappa shape index (κ1) is 23.9. The van der Waals surface area contributed by atoms with Crippen LogP contribution >= 0.6 is 0 Å². The van der Waals surface area contributed by atoms with E-state index >= 15 is 0 Å². The Morgan fingerprint density at radius 1 is 1.16 bits per heavy atom. The van der Waals surface area contributed by atoms with Crippen LogP contribution in [0.3, 0.4) is 0 Å². The summed E-state index contributed by atoms with van der Waals surface area (Å²) in [6.07, 6.45) is 2.64. The lowest BCUT2D eigenvalue weighted by atomic mass is 9.93. The summed E-state index contributed by atoms with van der Waals surface area (Å²) < 4.78 is 7.86. The predicted molar refractivity (Wildman–Crippen MR) is 132 cm³/mol.